The first kappa shape index (κ1) is 5.75. The van der Waals surface area contributed by atoms with Gasteiger partial charge < -0.3 is 4.42 Å². The fourth-order valence-corrected chi connectivity index (χ4v) is 1.51. The van der Waals surface area contributed by atoms with Crippen LogP contribution in [0.5, 0.6) is 0 Å². The fraction of sp³-hybridized carbons (Fsp3) is 0. The first-order valence-corrected chi connectivity index (χ1v) is 4.09. The molecule has 0 saturated heterocycles. The normalized spacial score (nSPS) is 12.2. The fourth-order valence-electron chi connectivity index (χ4n) is 1.51. The van der Waals surface area contributed by atoms with E-state index in [-0.39, 0.29) is 6.17 Å². The van der Waals surface area contributed by atoms with E-state index in [9.17, 15) is 0 Å². The minimum atomic E-state index is 0.233. The van der Waals surface area contributed by atoms with Gasteiger partial charge in [0.25, 0.3) is 0 Å². The Bertz CT molecular complexity index is 615. The first-order chi connectivity index (χ1) is 6.84. The summed E-state index contributed by atoms with van der Waals surface area (Å²) in [6.45, 7) is 0. The largest absolute Gasteiger partial charge is 0.438 e. The molecule has 62 valence electrons. The smallest absolute Gasteiger partial charge is 0.227 e. The molecule has 0 aliphatic heterocycles. The van der Waals surface area contributed by atoms with E-state index in [1.165, 1.54) is 0 Å². The van der Waals surface area contributed by atoms with E-state index in [1.54, 1.807) is 6.07 Å². The quantitative estimate of drug-likeness (QED) is 0.518. The molecule has 0 spiro atoms. The molecule has 0 aliphatic carbocycles. The lowest BCUT2D eigenvalue weighted by Crippen LogP contribution is -1.68. The lowest BCUT2D eigenvalue weighted by Gasteiger charge is -1.84. The topological polar surface area (TPSA) is 26.0 Å². The maximum absolute atomic E-state index is 7.38. The van der Waals surface area contributed by atoms with Crippen molar-refractivity contribution >= 4 is 22.1 Å². The zero-order valence-electron chi connectivity index (χ0n) is 7.82. The highest BCUT2D eigenvalue weighted by atomic mass is 16.3. The Morgan fingerprint density at radius 1 is 1.08 bits per heavy atom. The molecule has 0 unspecified atom stereocenters. The highest BCUT2D eigenvalue weighted by Gasteiger charge is 2.04. The van der Waals surface area contributed by atoms with E-state index in [0.717, 1.165) is 16.4 Å². The van der Waals surface area contributed by atoms with Crippen LogP contribution in [0.15, 0.2) is 47.0 Å². The van der Waals surface area contributed by atoms with Crippen molar-refractivity contribution in [2.45, 2.75) is 0 Å². The van der Waals surface area contributed by atoms with Crippen molar-refractivity contribution in [3.05, 3.63) is 42.6 Å². The van der Waals surface area contributed by atoms with Gasteiger partial charge in [0, 0.05) is 16.9 Å². The van der Waals surface area contributed by atoms with E-state index in [2.05, 4.69) is 4.98 Å². The summed E-state index contributed by atoms with van der Waals surface area (Å²) in [6, 6.07) is 11.3. The number of nitrogens with zero attached hydrogens (tertiary/aromatic N) is 1. The monoisotopic (exact) mass is 170 g/mol. The molecule has 2 heteroatoms. The van der Waals surface area contributed by atoms with Crippen molar-refractivity contribution < 1.29 is 5.79 Å². The zero-order chi connectivity index (χ0) is 9.54. The number of fused-ring (bicyclic) bond motifs is 3. The second kappa shape index (κ2) is 2.33. The number of benzene rings is 1. The highest BCUT2D eigenvalue weighted by Crippen LogP contribution is 2.25. The summed E-state index contributed by atoms with van der Waals surface area (Å²) < 4.78 is 12.9. The molecule has 13 heavy (non-hydrogen) atoms. The van der Waals surface area contributed by atoms with Gasteiger partial charge in [0.15, 0.2) is 0 Å². The molecule has 0 bridgehead atoms. The lowest BCUT2D eigenvalue weighted by atomic mass is 10.2. The molecule has 0 aliphatic rings. The zero-order valence-corrected chi connectivity index (χ0v) is 6.82. The Labute approximate surface area is 76.2 Å². The number of aromatic nitrogens is 1. The van der Waals surface area contributed by atoms with Crippen LogP contribution in [0, 0.1) is 0 Å². The highest BCUT2D eigenvalue weighted by molar-refractivity contribution is 6.03. The van der Waals surface area contributed by atoms with Crippen LogP contribution in [0.3, 0.4) is 0 Å². The third kappa shape index (κ3) is 0.855. The number of hydrogen-bond acceptors (Lipinski definition) is 2. The van der Waals surface area contributed by atoms with Gasteiger partial charge >= 0.3 is 0 Å². The lowest BCUT2D eigenvalue weighted by molar-refractivity contribution is 0.654. The van der Waals surface area contributed by atoms with Crippen LogP contribution in [-0.2, 0) is 0 Å². The van der Waals surface area contributed by atoms with E-state index in [1.807, 2.05) is 30.3 Å². The third-order valence-corrected chi connectivity index (χ3v) is 2.10. The van der Waals surface area contributed by atoms with Crippen molar-refractivity contribution in [1.82, 2.24) is 4.98 Å². The summed E-state index contributed by atoms with van der Waals surface area (Å²) in [5.41, 5.74) is 1.36. The minimum absolute atomic E-state index is 0.233. The molecule has 0 saturated carbocycles. The molecule has 0 atom stereocenters. The van der Waals surface area contributed by atoms with Crippen molar-refractivity contribution in [2.24, 2.45) is 0 Å². The average molecular weight is 170 g/mol. The van der Waals surface area contributed by atoms with Gasteiger partial charge in [-0.25, -0.2) is 4.98 Å². The van der Waals surface area contributed by atoms with Gasteiger partial charge in [-0.1, -0.05) is 18.2 Å². The molecular weight excluding hydrogens is 162 g/mol. The van der Waals surface area contributed by atoms with Gasteiger partial charge in [0.2, 0.25) is 5.71 Å². The third-order valence-electron chi connectivity index (χ3n) is 2.10. The number of para-hydroxylation sites is 1. The summed E-state index contributed by atoms with van der Waals surface area (Å²) in [7, 11) is 0. The average Bonchev–Trinajstić information content (AvgIpc) is 2.54. The van der Waals surface area contributed by atoms with Gasteiger partial charge in [0.05, 0.1) is 1.37 Å². The van der Waals surface area contributed by atoms with E-state index in [0.29, 0.717) is 5.71 Å². The Balaban J connectivity index is 2.57. The summed E-state index contributed by atoms with van der Waals surface area (Å²) in [4.78, 5) is 4.01. The van der Waals surface area contributed by atoms with Gasteiger partial charge in [0.1, 0.15) is 5.58 Å². The van der Waals surface area contributed by atoms with Crippen LogP contribution in [0.25, 0.3) is 22.1 Å². The molecule has 2 aromatic heterocycles. The SMILES string of the molecule is [2H]c1ccc2c(n1)oc1ccccc12. The Morgan fingerprint density at radius 2 is 1.92 bits per heavy atom. The molecule has 0 radical (unpaired) electrons. The number of pyridine rings is 1. The maximum Gasteiger partial charge on any atom is 0.227 e. The second-order valence-corrected chi connectivity index (χ2v) is 2.89. The summed E-state index contributed by atoms with van der Waals surface area (Å²) in [5, 5.41) is 2.02. The molecule has 3 aromatic rings. The van der Waals surface area contributed by atoms with Crippen LogP contribution in [0.4, 0.5) is 0 Å². The van der Waals surface area contributed by atoms with Gasteiger partial charge in [-0.2, -0.15) is 0 Å². The molecular formula is C11H7NO. The summed E-state index contributed by atoms with van der Waals surface area (Å²) >= 11 is 0. The van der Waals surface area contributed by atoms with Gasteiger partial charge in [-0.15, -0.1) is 0 Å². The molecule has 0 amide bonds. The number of hydrogen-bond donors (Lipinski definition) is 0. The predicted octanol–water partition coefficient (Wildman–Crippen LogP) is 2.98. The standard InChI is InChI=1S/C11H7NO/c1-2-6-10-8(4-1)9-5-3-7-12-11(9)13-10/h1-7H/i7D. The Kier molecular flexibility index (Phi) is 1.03. The number of furan rings is 1. The van der Waals surface area contributed by atoms with Crippen molar-refractivity contribution in [3.63, 3.8) is 0 Å². The van der Waals surface area contributed by atoms with Gasteiger partial charge in [-0.3, -0.25) is 0 Å². The molecule has 3 rings (SSSR count). The molecule has 0 N–H and O–H groups in total. The summed E-state index contributed by atoms with van der Waals surface area (Å²) in [5.74, 6) is 0. The van der Waals surface area contributed by atoms with E-state index in [4.69, 9.17) is 5.79 Å². The second-order valence-electron chi connectivity index (χ2n) is 2.89. The minimum Gasteiger partial charge on any atom is -0.438 e. The van der Waals surface area contributed by atoms with Crippen LogP contribution >= 0.6 is 0 Å². The van der Waals surface area contributed by atoms with E-state index >= 15 is 0 Å². The Morgan fingerprint density at radius 3 is 2.92 bits per heavy atom. The van der Waals surface area contributed by atoms with Crippen molar-refractivity contribution in [1.29, 1.82) is 0 Å². The van der Waals surface area contributed by atoms with Crippen LogP contribution in [-0.4, -0.2) is 4.98 Å². The van der Waals surface area contributed by atoms with Gasteiger partial charge in [-0.05, 0) is 18.2 Å². The molecule has 0 fully saturated rings. The van der Waals surface area contributed by atoms with Crippen molar-refractivity contribution in [3.8, 4) is 0 Å². The maximum atomic E-state index is 7.38. The first-order valence-electron chi connectivity index (χ1n) is 4.59. The van der Waals surface area contributed by atoms with Crippen molar-refractivity contribution in [2.75, 3.05) is 0 Å². The van der Waals surface area contributed by atoms with E-state index < -0.39 is 0 Å². The molecule has 2 nitrogen and oxygen atoms in total. The van der Waals surface area contributed by atoms with Crippen LogP contribution < -0.4 is 0 Å². The summed E-state index contributed by atoms with van der Waals surface area (Å²) in [6.07, 6.45) is 0.233. The molecule has 2 heterocycles. The number of rotatable bonds is 0. The van der Waals surface area contributed by atoms with Crippen LogP contribution in [0.2, 0.25) is 0 Å². The predicted molar refractivity (Wildman–Crippen MR) is 51.5 cm³/mol. The van der Waals surface area contributed by atoms with Crippen LogP contribution in [0.1, 0.15) is 1.37 Å². The molecule has 1 aromatic carbocycles. The Hall–Kier alpha value is -1.83.